The van der Waals surface area contributed by atoms with Gasteiger partial charge in [0.15, 0.2) is 11.5 Å². The van der Waals surface area contributed by atoms with E-state index in [1.165, 1.54) is 28.3 Å². The molecule has 3 rings (SSSR count). The molecule has 1 aliphatic rings. The molecular weight excluding hydrogens is 462 g/mol. The molecule has 1 heterocycles. The molecule has 0 aromatic heterocycles. The van der Waals surface area contributed by atoms with Crippen molar-refractivity contribution >= 4 is 17.7 Å². The Balaban J connectivity index is 1.62. The number of piperidine rings is 1. The smallest absolute Gasteiger partial charge is 0.254 e. The fourth-order valence-corrected chi connectivity index (χ4v) is 4.45. The topological polar surface area (TPSA) is 106 Å². The fourth-order valence-electron chi connectivity index (χ4n) is 4.45. The number of carbonyl (C=O) groups excluding carboxylic acids is 3. The first-order chi connectivity index (χ1) is 17.2. The molecule has 0 saturated carbocycles. The van der Waals surface area contributed by atoms with E-state index in [9.17, 15) is 14.4 Å². The van der Waals surface area contributed by atoms with Gasteiger partial charge in [0.05, 0.1) is 21.3 Å². The number of amides is 3. The average molecular weight is 498 g/mol. The molecule has 9 nitrogen and oxygen atoms in total. The largest absolute Gasteiger partial charge is 0.493 e. The Morgan fingerprint density at radius 2 is 1.64 bits per heavy atom. The second kappa shape index (κ2) is 12.3. The van der Waals surface area contributed by atoms with E-state index in [-0.39, 0.29) is 23.8 Å². The number of aryl methyl sites for hydroxylation is 1. The second-order valence-electron chi connectivity index (χ2n) is 8.94. The Bertz CT molecular complexity index is 1070. The number of likely N-dealkylation sites (tertiary alicyclic amines) is 1. The SMILES string of the molecule is COc1cc(C(=O)N2CCC(NC(=O)C(Cc3cccc(C)c3)NC(C)=O)CC2)cc(OC)c1OC. The van der Waals surface area contributed by atoms with Crippen molar-refractivity contribution in [3.63, 3.8) is 0 Å². The van der Waals surface area contributed by atoms with Gasteiger partial charge in [0, 0.05) is 38.0 Å². The number of rotatable bonds is 9. The zero-order valence-electron chi connectivity index (χ0n) is 21.6. The van der Waals surface area contributed by atoms with Gasteiger partial charge in [0.2, 0.25) is 17.6 Å². The molecule has 2 aromatic carbocycles. The number of nitrogens with one attached hydrogen (secondary N) is 2. The first-order valence-electron chi connectivity index (χ1n) is 12.0. The summed E-state index contributed by atoms with van der Waals surface area (Å²) in [4.78, 5) is 39.7. The molecule has 1 aliphatic heterocycles. The van der Waals surface area contributed by atoms with Gasteiger partial charge in [-0.3, -0.25) is 14.4 Å². The number of benzene rings is 2. The van der Waals surface area contributed by atoms with E-state index in [4.69, 9.17) is 14.2 Å². The minimum atomic E-state index is -0.664. The van der Waals surface area contributed by atoms with E-state index < -0.39 is 6.04 Å². The molecule has 194 valence electrons. The minimum absolute atomic E-state index is 0.0877. The number of hydrogen-bond donors (Lipinski definition) is 2. The van der Waals surface area contributed by atoms with Crippen molar-refractivity contribution in [3.8, 4) is 17.2 Å². The zero-order chi connectivity index (χ0) is 26.2. The summed E-state index contributed by atoms with van der Waals surface area (Å²) in [6, 6.07) is 10.4. The lowest BCUT2D eigenvalue weighted by atomic mass is 10.0. The van der Waals surface area contributed by atoms with Crippen LogP contribution >= 0.6 is 0 Å². The third-order valence-corrected chi connectivity index (χ3v) is 6.26. The molecule has 9 heteroatoms. The fraction of sp³-hybridized carbons (Fsp3) is 0.444. The average Bonchev–Trinajstić information content (AvgIpc) is 2.87. The van der Waals surface area contributed by atoms with Crippen molar-refractivity contribution in [2.24, 2.45) is 0 Å². The first kappa shape index (κ1) is 26.8. The lowest BCUT2D eigenvalue weighted by Crippen LogP contribution is -2.53. The van der Waals surface area contributed by atoms with E-state index in [0.717, 1.165) is 11.1 Å². The Kier molecular flexibility index (Phi) is 9.16. The maximum absolute atomic E-state index is 13.2. The molecule has 1 saturated heterocycles. The molecule has 3 amide bonds. The molecule has 0 bridgehead atoms. The van der Waals surface area contributed by atoms with Crippen molar-refractivity contribution in [1.82, 2.24) is 15.5 Å². The van der Waals surface area contributed by atoms with Crippen LogP contribution in [0.5, 0.6) is 17.2 Å². The summed E-state index contributed by atoms with van der Waals surface area (Å²) in [7, 11) is 4.53. The number of ether oxygens (including phenoxy) is 3. The maximum Gasteiger partial charge on any atom is 0.254 e. The predicted octanol–water partition coefficient (Wildman–Crippen LogP) is 2.49. The van der Waals surface area contributed by atoms with Crippen LogP contribution < -0.4 is 24.8 Å². The van der Waals surface area contributed by atoms with Gasteiger partial charge in [0.25, 0.3) is 5.91 Å². The van der Waals surface area contributed by atoms with Gasteiger partial charge >= 0.3 is 0 Å². The molecular formula is C27H35N3O6. The molecule has 1 unspecified atom stereocenters. The number of hydrogen-bond acceptors (Lipinski definition) is 6. The molecule has 0 spiro atoms. The second-order valence-corrected chi connectivity index (χ2v) is 8.94. The van der Waals surface area contributed by atoms with Crippen molar-refractivity contribution in [3.05, 3.63) is 53.1 Å². The summed E-state index contributed by atoms with van der Waals surface area (Å²) < 4.78 is 16.1. The van der Waals surface area contributed by atoms with Crippen LogP contribution in [0.4, 0.5) is 0 Å². The molecule has 0 aliphatic carbocycles. The summed E-state index contributed by atoms with van der Waals surface area (Å²) in [5.74, 6) is 0.640. The van der Waals surface area contributed by atoms with E-state index in [2.05, 4.69) is 10.6 Å². The van der Waals surface area contributed by atoms with Crippen LogP contribution in [0.2, 0.25) is 0 Å². The number of methoxy groups -OCH3 is 3. The molecule has 36 heavy (non-hydrogen) atoms. The van der Waals surface area contributed by atoms with Gasteiger partial charge < -0.3 is 29.7 Å². The Morgan fingerprint density at radius 3 is 2.17 bits per heavy atom. The van der Waals surface area contributed by atoms with Crippen molar-refractivity contribution in [2.45, 2.75) is 45.2 Å². The standard InChI is InChI=1S/C27H35N3O6/c1-17-7-6-8-19(13-17)14-22(28-18(2)31)26(32)29-21-9-11-30(12-10-21)27(33)20-15-23(34-3)25(36-5)24(16-20)35-4/h6-8,13,15-16,21-22H,9-12,14H2,1-5H3,(H,28,31)(H,29,32). The highest BCUT2D eigenvalue weighted by molar-refractivity contribution is 5.95. The van der Waals surface area contributed by atoms with Gasteiger partial charge in [-0.05, 0) is 37.5 Å². The van der Waals surface area contributed by atoms with Crippen LogP contribution in [0, 0.1) is 6.92 Å². The highest BCUT2D eigenvalue weighted by Crippen LogP contribution is 2.38. The highest BCUT2D eigenvalue weighted by atomic mass is 16.5. The van der Waals surface area contributed by atoms with E-state index in [1.54, 1.807) is 17.0 Å². The summed E-state index contributed by atoms with van der Waals surface area (Å²) >= 11 is 0. The van der Waals surface area contributed by atoms with Gasteiger partial charge in [-0.25, -0.2) is 0 Å². The van der Waals surface area contributed by atoms with E-state index in [0.29, 0.717) is 55.2 Å². The summed E-state index contributed by atoms with van der Waals surface area (Å²) in [6.45, 7) is 4.38. The van der Waals surface area contributed by atoms with Crippen LogP contribution in [-0.2, 0) is 16.0 Å². The zero-order valence-corrected chi connectivity index (χ0v) is 21.6. The lowest BCUT2D eigenvalue weighted by molar-refractivity contribution is -0.128. The Labute approximate surface area is 212 Å². The van der Waals surface area contributed by atoms with Crippen molar-refractivity contribution in [2.75, 3.05) is 34.4 Å². The third kappa shape index (κ3) is 6.68. The monoisotopic (exact) mass is 497 g/mol. The number of nitrogens with zero attached hydrogens (tertiary/aromatic N) is 1. The van der Waals surface area contributed by atoms with E-state index >= 15 is 0 Å². The predicted molar refractivity (Wildman–Crippen MR) is 136 cm³/mol. The molecule has 0 radical (unpaired) electrons. The highest BCUT2D eigenvalue weighted by Gasteiger charge is 2.28. The summed E-state index contributed by atoms with van der Waals surface area (Å²) in [6.07, 6.45) is 1.63. The normalized spacial score (nSPS) is 14.5. The maximum atomic E-state index is 13.2. The van der Waals surface area contributed by atoms with Crippen molar-refractivity contribution < 1.29 is 28.6 Å². The van der Waals surface area contributed by atoms with E-state index in [1.807, 2.05) is 31.2 Å². The van der Waals surface area contributed by atoms with Gasteiger partial charge in [-0.15, -0.1) is 0 Å². The molecule has 2 aromatic rings. The molecule has 1 fully saturated rings. The van der Waals surface area contributed by atoms with Crippen LogP contribution in [0.3, 0.4) is 0 Å². The summed E-state index contributed by atoms with van der Waals surface area (Å²) in [5, 5.41) is 5.83. The Morgan fingerprint density at radius 1 is 1.00 bits per heavy atom. The van der Waals surface area contributed by atoms with Crippen molar-refractivity contribution in [1.29, 1.82) is 0 Å². The van der Waals surface area contributed by atoms with Crippen LogP contribution in [-0.4, -0.2) is 69.1 Å². The van der Waals surface area contributed by atoms with Gasteiger partial charge in [0.1, 0.15) is 6.04 Å². The van der Waals surface area contributed by atoms with Crippen LogP contribution in [0.25, 0.3) is 0 Å². The van der Waals surface area contributed by atoms with Gasteiger partial charge in [-0.2, -0.15) is 0 Å². The Hall–Kier alpha value is -3.75. The van der Waals surface area contributed by atoms with Gasteiger partial charge in [-0.1, -0.05) is 29.8 Å². The lowest BCUT2D eigenvalue weighted by Gasteiger charge is -2.33. The summed E-state index contributed by atoms with van der Waals surface area (Å²) in [5.41, 5.74) is 2.52. The molecule has 2 N–H and O–H groups in total. The minimum Gasteiger partial charge on any atom is -0.493 e. The third-order valence-electron chi connectivity index (χ3n) is 6.26. The number of carbonyl (C=O) groups is 3. The van der Waals surface area contributed by atoms with Crippen LogP contribution in [0.1, 0.15) is 41.3 Å². The van der Waals surface area contributed by atoms with Crippen LogP contribution in [0.15, 0.2) is 36.4 Å². The first-order valence-corrected chi connectivity index (χ1v) is 12.0. The quantitative estimate of drug-likeness (QED) is 0.552. The molecule has 1 atom stereocenters.